The summed E-state index contributed by atoms with van der Waals surface area (Å²) in [4.78, 5) is 0. The Bertz CT molecular complexity index is 326. The second-order valence-corrected chi connectivity index (χ2v) is 4.50. The van der Waals surface area contributed by atoms with Crippen LogP contribution in [-0.4, -0.2) is 37.9 Å². The molecule has 0 spiro atoms. The Morgan fingerprint density at radius 1 is 1.50 bits per heavy atom. The molecule has 1 saturated heterocycles. The highest BCUT2D eigenvalue weighted by atomic mass is 79.9. The number of nitrogens with one attached hydrogen (secondary N) is 1. The van der Waals surface area contributed by atoms with Crippen LogP contribution in [0.25, 0.3) is 0 Å². The fourth-order valence-corrected chi connectivity index (χ4v) is 2.16. The molecule has 3 N–H and O–H groups in total. The van der Waals surface area contributed by atoms with Gasteiger partial charge in [0.05, 0.1) is 30.0 Å². The van der Waals surface area contributed by atoms with Crippen LogP contribution in [0.3, 0.4) is 0 Å². The van der Waals surface area contributed by atoms with Crippen LogP contribution < -0.4 is 11.2 Å². The van der Waals surface area contributed by atoms with Crippen molar-refractivity contribution in [3.63, 3.8) is 0 Å². The highest BCUT2D eigenvalue weighted by molar-refractivity contribution is 9.10. The summed E-state index contributed by atoms with van der Waals surface area (Å²) in [7, 11) is 0. The van der Waals surface area contributed by atoms with E-state index in [9.17, 15) is 0 Å². The number of morpholine rings is 1. The highest BCUT2D eigenvalue weighted by Crippen LogP contribution is 2.24. The molecule has 0 saturated carbocycles. The number of furan rings is 1. The lowest BCUT2D eigenvalue weighted by molar-refractivity contribution is 0.00225. The molecule has 90 valence electrons. The maximum absolute atomic E-state index is 5.75. The molecule has 0 bridgehead atoms. The van der Waals surface area contributed by atoms with E-state index < -0.39 is 0 Å². The fourth-order valence-electron chi connectivity index (χ4n) is 1.69. The van der Waals surface area contributed by atoms with Crippen LogP contribution in [0.2, 0.25) is 0 Å². The van der Waals surface area contributed by atoms with Crippen molar-refractivity contribution in [1.82, 2.24) is 10.4 Å². The van der Waals surface area contributed by atoms with Crippen molar-refractivity contribution < 1.29 is 9.15 Å². The summed E-state index contributed by atoms with van der Waals surface area (Å²) >= 11 is 3.44. The van der Waals surface area contributed by atoms with Gasteiger partial charge in [-0.2, -0.15) is 0 Å². The molecule has 2 heterocycles. The van der Waals surface area contributed by atoms with E-state index in [0.717, 1.165) is 36.5 Å². The van der Waals surface area contributed by atoms with Gasteiger partial charge in [-0.05, 0) is 22.0 Å². The lowest BCUT2D eigenvalue weighted by atomic mass is 10.2. The minimum atomic E-state index is 0.00229. The van der Waals surface area contributed by atoms with Gasteiger partial charge < -0.3 is 14.9 Å². The molecule has 1 aromatic heterocycles. The van der Waals surface area contributed by atoms with Crippen LogP contribution in [0.15, 0.2) is 21.2 Å². The summed E-state index contributed by atoms with van der Waals surface area (Å²) in [5.74, 6) is 0.842. The van der Waals surface area contributed by atoms with E-state index in [1.54, 1.807) is 6.26 Å². The largest absolute Gasteiger partial charge is 0.466 e. The van der Waals surface area contributed by atoms with Crippen molar-refractivity contribution in [2.45, 2.75) is 6.04 Å². The monoisotopic (exact) mass is 289 g/mol. The molecule has 5 nitrogen and oxygen atoms in total. The Morgan fingerprint density at radius 2 is 2.25 bits per heavy atom. The molecule has 0 aliphatic carbocycles. The second kappa shape index (κ2) is 5.79. The normalized spacial score (nSPS) is 19.9. The Morgan fingerprint density at radius 3 is 2.81 bits per heavy atom. The molecular formula is C10H16BrN3O2. The van der Waals surface area contributed by atoms with Gasteiger partial charge in [-0.15, -0.1) is 0 Å². The maximum atomic E-state index is 5.75. The molecule has 2 rings (SSSR count). The van der Waals surface area contributed by atoms with Crippen LogP contribution in [0.4, 0.5) is 0 Å². The number of hydrazine groups is 1. The van der Waals surface area contributed by atoms with Gasteiger partial charge in [-0.3, -0.25) is 0 Å². The molecule has 0 amide bonds. The van der Waals surface area contributed by atoms with Gasteiger partial charge in [-0.1, -0.05) is 0 Å². The van der Waals surface area contributed by atoms with Crippen molar-refractivity contribution in [2.75, 3.05) is 32.8 Å². The van der Waals surface area contributed by atoms with Gasteiger partial charge in [0.1, 0.15) is 5.76 Å². The van der Waals surface area contributed by atoms with Crippen LogP contribution in [0, 0.1) is 0 Å². The topological polar surface area (TPSA) is 63.7 Å². The summed E-state index contributed by atoms with van der Waals surface area (Å²) in [5.41, 5.74) is 9.10. The first-order chi connectivity index (χ1) is 7.81. The van der Waals surface area contributed by atoms with Gasteiger partial charge in [0.25, 0.3) is 0 Å². The number of halogens is 1. The Kier molecular flexibility index (Phi) is 4.37. The Labute approximate surface area is 103 Å². The average molecular weight is 290 g/mol. The molecule has 1 aliphatic heterocycles. The number of nitrogens with zero attached hydrogens (tertiary/aromatic N) is 1. The molecule has 1 aromatic rings. The standard InChI is InChI=1S/C10H16BrN3O2/c11-8-1-4-16-10(8)9(7-12)13-14-2-5-15-6-3-14/h1,4,9,13H,2-3,5-7,12H2. The molecule has 1 unspecified atom stereocenters. The Balaban J connectivity index is 1.97. The fraction of sp³-hybridized carbons (Fsp3) is 0.600. The third-order valence-corrected chi connectivity index (χ3v) is 3.20. The third-order valence-electron chi connectivity index (χ3n) is 2.55. The van der Waals surface area contributed by atoms with Crippen molar-refractivity contribution in [1.29, 1.82) is 0 Å². The van der Waals surface area contributed by atoms with Gasteiger partial charge >= 0.3 is 0 Å². The first-order valence-corrected chi connectivity index (χ1v) is 6.12. The third kappa shape index (κ3) is 2.83. The molecule has 1 aliphatic rings. The lowest BCUT2D eigenvalue weighted by Crippen LogP contribution is -2.48. The maximum Gasteiger partial charge on any atom is 0.137 e. The van der Waals surface area contributed by atoms with Crippen LogP contribution in [0.1, 0.15) is 11.8 Å². The summed E-state index contributed by atoms with van der Waals surface area (Å²) in [6.45, 7) is 3.74. The smallest absolute Gasteiger partial charge is 0.137 e. The van der Waals surface area contributed by atoms with E-state index in [-0.39, 0.29) is 6.04 Å². The zero-order valence-electron chi connectivity index (χ0n) is 8.99. The number of hydrogen-bond acceptors (Lipinski definition) is 5. The molecule has 1 atom stereocenters. The first kappa shape index (κ1) is 12.1. The Hall–Kier alpha value is -0.400. The molecule has 0 aromatic carbocycles. The zero-order valence-corrected chi connectivity index (χ0v) is 10.6. The predicted molar refractivity (Wildman–Crippen MR) is 63.7 cm³/mol. The minimum absolute atomic E-state index is 0.00229. The molecular weight excluding hydrogens is 274 g/mol. The number of nitrogens with two attached hydrogens (primary N) is 1. The summed E-state index contributed by atoms with van der Waals surface area (Å²) in [5, 5.41) is 2.12. The van der Waals surface area contributed by atoms with E-state index in [1.807, 2.05) is 6.07 Å². The number of ether oxygens (including phenoxy) is 1. The lowest BCUT2D eigenvalue weighted by Gasteiger charge is -2.30. The average Bonchev–Trinajstić information content (AvgIpc) is 2.74. The first-order valence-electron chi connectivity index (χ1n) is 5.33. The van der Waals surface area contributed by atoms with Crippen molar-refractivity contribution in [3.05, 3.63) is 22.6 Å². The van der Waals surface area contributed by atoms with Gasteiger partial charge in [0, 0.05) is 19.6 Å². The van der Waals surface area contributed by atoms with Crippen molar-refractivity contribution in [3.8, 4) is 0 Å². The van der Waals surface area contributed by atoms with E-state index >= 15 is 0 Å². The van der Waals surface area contributed by atoms with E-state index in [0.29, 0.717) is 6.54 Å². The quantitative estimate of drug-likeness (QED) is 0.862. The van der Waals surface area contributed by atoms with E-state index in [2.05, 4.69) is 26.4 Å². The number of hydrogen-bond donors (Lipinski definition) is 2. The second-order valence-electron chi connectivity index (χ2n) is 3.65. The summed E-state index contributed by atoms with van der Waals surface area (Å²) < 4.78 is 11.6. The van der Waals surface area contributed by atoms with Crippen LogP contribution in [0.5, 0.6) is 0 Å². The van der Waals surface area contributed by atoms with Gasteiger partial charge in [-0.25, -0.2) is 10.4 Å². The SMILES string of the molecule is NCC(NN1CCOCC1)c1occc1Br. The van der Waals surface area contributed by atoms with Gasteiger partial charge in [0.15, 0.2) is 0 Å². The molecule has 0 radical (unpaired) electrons. The minimum Gasteiger partial charge on any atom is -0.466 e. The molecule has 16 heavy (non-hydrogen) atoms. The van der Waals surface area contributed by atoms with E-state index in [4.69, 9.17) is 14.9 Å². The van der Waals surface area contributed by atoms with E-state index in [1.165, 1.54) is 0 Å². The van der Waals surface area contributed by atoms with Crippen LogP contribution >= 0.6 is 15.9 Å². The molecule has 1 fully saturated rings. The van der Waals surface area contributed by atoms with Gasteiger partial charge in [0.2, 0.25) is 0 Å². The highest BCUT2D eigenvalue weighted by Gasteiger charge is 2.20. The van der Waals surface area contributed by atoms with Crippen molar-refractivity contribution in [2.24, 2.45) is 5.73 Å². The van der Waals surface area contributed by atoms with Crippen molar-refractivity contribution >= 4 is 15.9 Å². The summed E-state index contributed by atoms with van der Waals surface area (Å²) in [6, 6.07) is 1.88. The predicted octanol–water partition coefficient (Wildman–Crippen LogP) is 0.879. The van der Waals surface area contributed by atoms with Crippen LogP contribution in [-0.2, 0) is 4.74 Å². The molecule has 6 heteroatoms. The summed E-state index contributed by atoms with van der Waals surface area (Å²) in [6.07, 6.45) is 1.66. The number of rotatable bonds is 4. The zero-order chi connectivity index (χ0) is 11.4.